The van der Waals surface area contributed by atoms with Crippen molar-refractivity contribution in [3.63, 3.8) is 0 Å². The summed E-state index contributed by atoms with van der Waals surface area (Å²) < 4.78 is 4.28. The monoisotopic (exact) mass is 266 g/mol. The molecular formula is C11H14N4O2S. The number of rotatable bonds is 3. The van der Waals surface area contributed by atoms with Gasteiger partial charge in [0.05, 0.1) is 0 Å². The van der Waals surface area contributed by atoms with Crippen LogP contribution in [-0.4, -0.2) is 39.2 Å². The maximum Gasteiger partial charge on any atom is 0.251 e. The molecule has 96 valence electrons. The zero-order valence-electron chi connectivity index (χ0n) is 10.0. The van der Waals surface area contributed by atoms with E-state index in [1.165, 1.54) is 23.5 Å². The molecule has 6 nitrogen and oxygen atoms in total. The molecule has 0 aromatic carbocycles. The molecule has 1 aliphatic heterocycles. The van der Waals surface area contributed by atoms with Crippen LogP contribution in [0.2, 0.25) is 0 Å². The van der Waals surface area contributed by atoms with Gasteiger partial charge in [-0.15, -0.1) is 0 Å². The second-order valence-electron chi connectivity index (χ2n) is 4.76. The van der Waals surface area contributed by atoms with Crippen LogP contribution < -0.4 is 5.32 Å². The molecule has 18 heavy (non-hydrogen) atoms. The van der Waals surface area contributed by atoms with Gasteiger partial charge in [0.25, 0.3) is 5.91 Å². The lowest BCUT2D eigenvalue weighted by atomic mass is 10.1. The van der Waals surface area contributed by atoms with E-state index in [0.717, 1.165) is 18.7 Å². The standard InChI is InChI=1S/C11H14N4O2S/c1-15-8(16)5-4-7(10(15)17)12-11-13-9(14-18-11)6-2-3-6/h6-7H,2-5H2,1H3,(H,12,13,14). The van der Waals surface area contributed by atoms with Crippen LogP contribution in [0.15, 0.2) is 0 Å². The fourth-order valence-electron chi connectivity index (χ4n) is 2.00. The van der Waals surface area contributed by atoms with E-state index in [1.54, 1.807) is 0 Å². The van der Waals surface area contributed by atoms with Crippen LogP contribution in [0.25, 0.3) is 0 Å². The third kappa shape index (κ3) is 2.10. The van der Waals surface area contributed by atoms with Gasteiger partial charge in [-0.3, -0.25) is 14.5 Å². The number of nitrogens with zero attached hydrogens (tertiary/aromatic N) is 3. The van der Waals surface area contributed by atoms with Crippen LogP contribution in [0, 0.1) is 0 Å². The van der Waals surface area contributed by atoms with E-state index in [1.807, 2.05) is 0 Å². The third-order valence-electron chi connectivity index (χ3n) is 3.33. The number of piperidine rings is 1. The molecule has 2 amide bonds. The van der Waals surface area contributed by atoms with E-state index in [4.69, 9.17) is 0 Å². The van der Waals surface area contributed by atoms with Crippen LogP contribution in [0.1, 0.15) is 37.4 Å². The highest BCUT2D eigenvalue weighted by atomic mass is 32.1. The summed E-state index contributed by atoms with van der Waals surface area (Å²) in [6.07, 6.45) is 3.25. The minimum atomic E-state index is -0.354. The van der Waals surface area contributed by atoms with Gasteiger partial charge in [0.1, 0.15) is 11.9 Å². The number of imide groups is 1. The molecule has 1 atom stereocenters. The normalized spacial score (nSPS) is 24.5. The second kappa shape index (κ2) is 4.31. The first-order valence-corrected chi connectivity index (χ1v) is 6.83. The van der Waals surface area contributed by atoms with Gasteiger partial charge in [-0.05, 0) is 19.3 Å². The summed E-state index contributed by atoms with van der Waals surface area (Å²) in [6.45, 7) is 0. The van der Waals surface area contributed by atoms with Gasteiger partial charge >= 0.3 is 0 Å². The van der Waals surface area contributed by atoms with Crippen LogP contribution in [0.4, 0.5) is 5.13 Å². The van der Waals surface area contributed by atoms with Crippen molar-refractivity contribution in [1.29, 1.82) is 0 Å². The predicted octanol–water partition coefficient (Wildman–Crippen LogP) is 0.975. The summed E-state index contributed by atoms with van der Waals surface area (Å²) in [5.74, 6) is 1.10. The minimum Gasteiger partial charge on any atom is -0.348 e. The smallest absolute Gasteiger partial charge is 0.251 e. The maximum absolute atomic E-state index is 11.9. The first-order valence-electron chi connectivity index (χ1n) is 6.05. The number of nitrogens with one attached hydrogen (secondary N) is 1. The van der Waals surface area contributed by atoms with Crippen molar-refractivity contribution < 1.29 is 9.59 Å². The molecule has 0 radical (unpaired) electrons. The van der Waals surface area contributed by atoms with Crippen molar-refractivity contribution in [2.24, 2.45) is 0 Å². The van der Waals surface area contributed by atoms with Crippen molar-refractivity contribution in [3.8, 4) is 0 Å². The number of carbonyl (C=O) groups is 2. The van der Waals surface area contributed by atoms with Crippen LogP contribution in [0.3, 0.4) is 0 Å². The largest absolute Gasteiger partial charge is 0.348 e. The number of aromatic nitrogens is 2. The fraction of sp³-hybridized carbons (Fsp3) is 0.636. The van der Waals surface area contributed by atoms with E-state index in [-0.39, 0.29) is 17.9 Å². The Bertz CT molecular complexity index is 497. The molecule has 1 aromatic heterocycles. The molecule has 1 N–H and O–H groups in total. The highest BCUT2D eigenvalue weighted by Gasteiger charge is 2.33. The topological polar surface area (TPSA) is 75.2 Å². The zero-order chi connectivity index (χ0) is 12.7. The number of hydrogen-bond acceptors (Lipinski definition) is 6. The Balaban J connectivity index is 1.67. The summed E-state index contributed by atoms with van der Waals surface area (Å²) in [6, 6.07) is -0.354. The van der Waals surface area contributed by atoms with Crippen molar-refractivity contribution in [1.82, 2.24) is 14.3 Å². The zero-order valence-corrected chi connectivity index (χ0v) is 10.9. The molecule has 1 aliphatic carbocycles. The quantitative estimate of drug-likeness (QED) is 0.825. The molecule has 1 saturated carbocycles. The summed E-state index contributed by atoms with van der Waals surface area (Å²) in [5, 5.41) is 3.76. The van der Waals surface area contributed by atoms with E-state index in [0.29, 0.717) is 23.9 Å². The molecule has 2 aliphatic rings. The van der Waals surface area contributed by atoms with Gasteiger partial charge in [-0.2, -0.15) is 4.37 Å². The Morgan fingerprint density at radius 2 is 2.11 bits per heavy atom. The average Bonchev–Trinajstić information content (AvgIpc) is 3.11. The first kappa shape index (κ1) is 11.6. The number of anilines is 1. The molecule has 1 unspecified atom stereocenters. The van der Waals surface area contributed by atoms with E-state index in [2.05, 4.69) is 14.7 Å². The summed E-state index contributed by atoms with van der Waals surface area (Å²) >= 11 is 1.29. The predicted molar refractivity (Wildman–Crippen MR) is 66.3 cm³/mol. The third-order valence-corrected chi connectivity index (χ3v) is 3.99. The van der Waals surface area contributed by atoms with Gasteiger partial charge in [0, 0.05) is 30.9 Å². The number of hydrogen-bond donors (Lipinski definition) is 1. The number of likely N-dealkylation sites (tertiary alicyclic amines) is 1. The minimum absolute atomic E-state index is 0.117. The van der Waals surface area contributed by atoms with E-state index in [9.17, 15) is 9.59 Å². The molecule has 2 fully saturated rings. The molecule has 2 heterocycles. The molecule has 0 bridgehead atoms. The van der Waals surface area contributed by atoms with Gasteiger partial charge < -0.3 is 5.32 Å². The first-order chi connectivity index (χ1) is 8.65. The van der Waals surface area contributed by atoms with Crippen LogP contribution >= 0.6 is 11.5 Å². The Labute approximate surface area is 109 Å². The van der Waals surface area contributed by atoms with Crippen molar-refractivity contribution in [3.05, 3.63) is 5.82 Å². The molecular weight excluding hydrogens is 252 g/mol. The summed E-state index contributed by atoms with van der Waals surface area (Å²) in [4.78, 5) is 28.8. The molecule has 0 spiro atoms. The molecule has 1 saturated heterocycles. The fourth-order valence-corrected chi connectivity index (χ4v) is 2.70. The van der Waals surface area contributed by atoms with Crippen molar-refractivity contribution in [2.75, 3.05) is 12.4 Å². The Hall–Kier alpha value is -1.50. The SMILES string of the molecule is CN1C(=O)CCC(Nc2nc(C3CC3)ns2)C1=O. The second-order valence-corrected chi connectivity index (χ2v) is 5.51. The van der Waals surface area contributed by atoms with Crippen LogP contribution in [0.5, 0.6) is 0 Å². The van der Waals surface area contributed by atoms with Crippen LogP contribution in [-0.2, 0) is 9.59 Å². The van der Waals surface area contributed by atoms with E-state index >= 15 is 0 Å². The number of carbonyl (C=O) groups excluding carboxylic acids is 2. The lowest BCUT2D eigenvalue weighted by Gasteiger charge is -2.27. The van der Waals surface area contributed by atoms with Gasteiger partial charge in [-0.25, -0.2) is 4.98 Å². The van der Waals surface area contributed by atoms with E-state index < -0.39 is 0 Å². The number of amides is 2. The highest BCUT2D eigenvalue weighted by Crippen LogP contribution is 2.39. The van der Waals surface area contributed by atoms with Crippen molar-refractivity contribution in [2.45, 2.75) is 37.6 Å². The van der Waals surface area contributed by atoms with Gasteiger partial charge in [-0.1, -0.05) is 0 Å². The lowest BCUT2D eigenvalue weighted by Crippen LogP contribution is -2.48. The highest BCUT2D eigenvalue weighted by molar-refractivity contribution is 7.09. The maximum atomic E-state index is 11.9. The van der Waals surface area contributed by atoms with Gasteiger partial charge in [0.2, 0.25) is 11.0 Å². The molecule has 1 aromatic rings. The number of likely N-dealkylation sites (N-methyl/N-ethyl adjacent to an activating group) is 1. The van der Waals surface area contributed by atoms with Gasteiger partial charge in [0.15, 0.2) is 0 Å². The lowest BCUT2D eigenvalue weighted by molar-refractivity contribution is -0.146. The summed E-state index contributed by atoms with van der Waals surface area (Å²) in [5.41, 5.74) is 0. The Kier molecular flexibility index (Phi) is 2.77. The molecule has 7 heteroatoms. The average molecular weight is 266 g/mol. The van der Waals surface area contributed by atoms with Crippen molar-refractivity contribution >= 4 is 28.5 Å². The summed E-state index contributed by atoms with van der Waals surface area (Å²) in [7, 11) is 1.52. The Morgan fingerprint density at radius 1 is 1.33 bits per heavy atom. The molecule has 3 rings (SSSR count). The Morgan fingerprint density at radius 3 is 2.83 bits per heavy atom.